The second kappa shape index (κ2) is 11.0. The van der Waals surface area contributed by atoms with E-state index in [0.717, 1.165) is 0 Å². The van der Waals surface area contributed by atoms with Gasteiger partial charge in [0.1, 0.15) is 0 Å². The number of allylic oxidation sites excluding steroid dienone is 6. The molecule has 0 aliphatic heterocycles. The molecule has 0 saturated heterocycles. The van der Waals surface area contributed by atoms with Gasteiger partial charge in [-0.2, -0.15) is 0 Å². The molecule has 0 rings (SSSR count). The minimum atomic E-state index is -1.42. The summed E-state index contributed by atoms with van der Waals surface area (Å²) in [6.45, 7) is 21.2. The molecule has 0 aromatic heterocycles. The fourth-order valence-electron chi connectivity index (χ4n) is 2.79. The zero-order chi connectivity index (χ0) is 16.2. The molecular weight excluding hydrogens is 351 g/mol. The molecule has 0 N–H and O–H groups in total. The van der Waals surface area contributed by atoms with Crippen molar-refractivity contribution in [1.29, 1.82) is 0 Å². The predicted molar refractivity (Wildman–Crippen MR) is 107 cm³/mol. The molecule has 0 heterocycles. The number of hydrogen-bond donors (Lipinski definition) is 0. The van der Waals surface area contributed by atoms with Crippen LogP contribution in [0.3, 0.4) is 0 Å². The van der Waals surface area contributed by atoms with E-state index >= 15 is 0 Å². The minimum absolute atomic E-state index is 0.660. The Labute approximate surface area is 139 Å². The van der Waals surface area contributed by atoms with Gasteiger partial charge in [-0.1, -0.05) is 0 Å². The molecular formula is C18H30SeSi2. The van der Waals surface area contributed by atoms with Crippen molar-refractivity contribution in [2.45, 2.75) is 36.3 Å². The molecule has 0 fully saturated rings. The van der Waals surface area contributed by atoms with Crippen LogP contribution in [-0.4, -0.2) is 27.0 Å². The van der Waals surface area contributed by atoms with Crippen molar-refractivity contribution in [3.8, 4) is 0 Å². The molecule has 116 valence electrons. The third-order valence-corrected chi connectivity index (χ3v) is 35.8. The van der Waals surface area contributed by atoms with E-state index < -0.39 is 13.4 Å². The summed E-state index contributed by atoms with van der Waals surface area (Å²) in [5, 5.41) is 0. The first kappa shape index (κ1) is 20.4. The monoisotopic (exact) mass is 382 g/mol. The molecule has 0 unspecified atom stereocenters. The standard InChI is InChI=1S/C18H30SeSi2/c1-7-13-20(14-8-2,15-9-3)19-21(16-10-4,17-11-5)18-12-6/h7-12H,1-6,13-18H2. The van der Waals surface area contributed by atoms with Gasteiger partial charge in [-0.05, 0) is 0 Å². The van der Waals surface area contributed by atoms with E-state index in [1.165, 1.54) is 36.3 Å². The van der Waals surface area contributed by atoms with Gasteiger partial charge >= 0.3 is 139 Å². The Balaban J connectivity index is 5.60. The molecule has 0 aliphatic rings. The van der Waals surface area contributed by atoms with Gasteiger partial charge < -0.3 is 0 Å². The third-order valence-electron chi connectivity index (χ3n) is 3.53. The van der Waals surface area contributed by atoms with Crippen LogP contribution in [-0.2, 0) is 0 Å². The van der Waals surface area contributed by atoms with Crippen molar-refractivity contribution in [3.63, 3.8) is 0 Å². The normalized spacial score (nSPS) is 11.4. The van der Waals surface area contributed by atoms with Crippen molar-refractivity contribution in [2.75, 3.05) is 0 Å². The second-order valence-electron chi connectivity index (χ2n) is 5.42. The van der Waals surface area contributed by atoms with E-state index in [1.54, 1.807) is 0 Å². The Morgan fingerprint density at radius 3 is 0.810 bits per heavy atom. The SMILES string of the molecule is C=CC[Si](CC=C)(CC=C)[Se][Si](CC=C)(CC=C)CC=C. The van der Waals surface area contributed by atoms with Crippen molar-refractivity contribution >= 4 is 27.0 Å². The molecule has 0 atom stereocenters. The fraction of sp³-hybridized carbons (Fsp3) is 0.333. The van der Waals surface area contributed by atoms with E-state index in [2.05, 4.69) is 75.9 Å². The van der Waals surface area contributed by atoms with E-state index in [9.17, 15) is 0 Å². The van der Waals surface area contributed by atoms with Crippen LogP contribution in [0.2, 0.25) is 36.3 Å². The molecule has 0 aromatic rings. The number of hydrogen-bond acceptors (Lipinski definition) is 0. The zero-order valence-corrected chi connectivity index (χ0v) is 17.1. The number of rotatable bonds is 14. The molecule has 0 amide bonds. The Morgan fingerprint density at radius 2 is 0.667 bits per heavy atom. The van der Waals surface area contributed by atoms with E-state index in [4.69, 9.17) is 0 Å². The van der Waals surface area contributed by atoms with Crippen LogP contribution < -0.4 is 0 Å². The summed E-state index contributed by atoms with van der Waals surface area (Å²) < 4.78 is 0. The maximum absolute atomic E-state index is 4.01. The van der Waals surface area contributed by atoms with Crippen molar-refractivity contribution < 1.29 is 0 Å². The molecule has 0 saturated carbocycles. The van der Waals surface area contributed by atoms with Crippen LogP contribution in [0.15, 0.2) is 75.9 Å². The summed E-state index contributed by atoms with van der Waals surface area (Å²) >= 11 is 0.660. The summed E-state index contributed by atoms with van der Waals surface area (Å²) in [6, 6.07) is 7.03. The first-order chi connectivity index (χ1) is 10.1. The van der Waals surface area contributed by atoms with Gasteiger partial charge in [0.15, 0.2) is 0 Å². The van der Waals surface area contributed by atoms with Crippen molar-refractivity contribution in [3.05, 3.63) is 75.9 Å². The topological polar surface area (TPSA) is 0 Å². The third kappa shape index (κ3) is 6.79. The van der Waals surface area contributed by atoms with Gasteiger partial charge in [0, 0.05) is 0 Å². The summed E-state index contributed by atoms with van der Waals surface area (Å²) in [7, 11) is 0. The Bertz CT molecular complexity index is 296. The fourth-order valence-corrected chi connectivity index (χ4v) is 43.9. The Morgan fingerprint density at radius 1 is 0.476 bits per heavy atom. The average molecular weight is 382 g/mol. The van der Waals surface area contributed by atoms with E-state index in [-0.39, 0.29) is 0 Å². The predicted octanol–water partition coefficient (Wildman–Crippen LogP) is 5.70. The first-order valence-corrected chi connectivity index (χ1v) is 17.6. The Hall–Kier alpha value is -0.607. The summed E-state index contributed by atoms with van der Waals surface area (Å²) in [6.07, 6.45) is 12.7. The Kier molecular flexibility index (Phi) is 10.7. The molecule has 3 heteroatoms. The van der Waals surface area contributed by atoms with Gasteiger partial charge in [-0.3, -0.25) is 0 Å². The van der Waals surface area contributed by atoms with Gasteiger partial charge in [-0.25, -0.2) is 0 Å². The van der Waals surface area contributed by atoms with E-state index in [0.29, 0.717) is 13.7 Å². The zero-order valence-electron chi connectivity index (χ0n) is 13.4. The molecule has 0 bridgehead atoms. The first-order valence-electron chi connectivity index (χ1n) is 7.43. The van der Waals surface area contributed by atoms with Gasteiger partial charge in [-0.15, -0.1) is 0 Å². The van der Waals surface area contributed by atoms with Crippen molar-refractivity contribution in [2.24, 2.45) is 0 Å². The summed E-state index contributed by atoms with van der Waals surface area (Å²) in [5.41, 5.74) is 0. The molecule has 21 heavy (non-hydrogen) atoms. The molecule has 0 aliphatic carbocycles. The molecule has 0 aromatic carbocycles. The molecule has 0 radical (unpaired) electrons. The van der Waals surface area contributed by atoms with Gasteiger partial charge in [0.25, 0.3) is 0 Å². The maximum atomic E-state index is 4.01. The van der Waals surface area contributed by atoms with Crippen LogP contribution >= 0.6 is 0 Å². The van der Waals surface area contributed by atoms with Crippen molar-refractivity contribution in [1.82, 2.24) is 0 Å². The van der Waals surface area contributed by atoms with Crippen LogP contribution in [0, 0.1) is 0 Å². The van der Waals surface area contributed by atoms with Gasteiger partial charge in [0.2, 0.25) is 0 Å². The van der Waals surface area contributed by atoms with Crippen LogP contribution in [0.25, 0.3) is 0 Å². The van der Waals surface area contributed by atoms with Gasteiger partial charge in [0.05, 0.1) is 0 Å². The quantitative estimate of drug-likeness (QED) is 0.267. The molecule has 0 nitrogen and oxygen atoms in total. The molecule has 0 spiro atoms. The van der Waals surface area contributed by atoms with Crippen LogP contribution in [0.5, 0.6) is 0 Å². The van der Waals surface area contributed by atoms with Crippen LogP contribution in [0.1, 0.15) is 0 Å². The van der Waals surface area contributed by atoms with E-state index in [1.807, 2.05) is 0 Å². The second-order valence-corrected chi connectivity index (χ2v) is 28.2. The summed E-state index contributed by atoms with van der Waals surface area (Å²) in [4.78, 5) is 0. The summed E-state index contributed by atoms with van der Waals surface area (Å²) in [5.74, 6) is 0. The average Bonchev–Trinajstić information content (AvgIpc) is 2.40. The van der Waals surface area contributed by atoms with Crippen LogP contribution in [0.4, 0.5) is 0 Å².